The van der Waals surface area contributed by atoms with Crippen molar-refractivity contribution in [2.24, 2.45) is 0 Å². The Morgan fingerprint density at radius 1 is 1.32 bits per heavy atom. The number of hydrogen-bond acceptors (Lipinski definition) is 5. The van der Waals surface area contributed by atoms with E-state index in [1.165, 1.54) is 7.11 Å². The Hall–Kier alpha value is -1.91. The molecule has 0 heterocycles. The lowest BCUT2D eigenvalue weighted by Crippen LogP contribution is -2.12. The summed E-state index contributed by atoms with van der Waals surface area (Å²) >= 11 is 0. The summed E-state index contributed by atoms with van der Waals surface area (Å²) in [4.78, 5) is 11.9. The first-order valence-corrected chi connectivity index (χ1v) is 6.30. The Labute approximate surface area is 113 Å². The maximum absolute atomic E-state index is 11.9. The van der Waals surface area contributed by atoms with Gasteiger partial charge in [-0.25, -0.2) is 4.79 Å². The number of rotatable bonds is 6. The second kappa shape index (κ2) is 6.87. The Balaban J connectivity index is 3.07. The quantitative estimate of drug-likeness (QED) is 0.633. The first-order chi connectivity index (χ1) is 8.99. The second-order valence-electron chi connectivity index (χ2n) is 4.39. The largest absolute Gasteiger partial charge is 0.493 e. The third-order valence-electron chi connectivity index (χ3n) is 2.36. The molecule has 0 aromatic heterocycles. The van der Waals surface area contributed by atoms with Crippen LogP contribution in [0.4, 0.5) is 5.69 Å². The fourth-order valence-electron chi connectivity index (χ4n) is 1.53. The number of anilines is 1. The number of esters is 1. The van der Waals surface area contributed by atoms with Crippen LogP contribution in [0.2, 0.25) is 0 Å². The van der Waals surface area contributed by atoms with Crippen molar-refractivity contribution in [3.63, 3.8) is 0 Å². The number of nitrogens with two attached hydrogens (primary N) is 1. The molecular weight excluding hydrogens is 246 g/mol. The molecule has 19 heavy (non-hydrogen) atoms. The average molecular weight is 267 g/mol. The number of methoxy groups -OCH3 is 1. The lowest BCUT2D eigenvalue weighted by molar-refractivity contribution is 0.0505. The molecule has 0 fully saturated rings. The van der Waals surface area contributed by atoms with Gasteiger partial charge in [0.1, 0.15) is 0 Å². The summed E-state index contributed by atoms with van der Waals surface area (Å²) in [5.74, 6) is 0.531. The minimum absolute atomic E-state index is 0.0305. The standard InChI is InChI=1S/C14H21NO4/c1-5-6-18-14(16)10-7-13(19-9(2)3)12(17-4)8-11(10)15/h7-9H,5-6,15H2,1-4H3. The minimum Gasteiger partial charge on any atom is -0.493 e. The fraction of sp³-hybridized carbons (Fsp3) is 0.500. The van der Waals surface area contributed by atoms with Crippen molar-refractivity contribution in [1.82, 2.24) is 0 Å². The highest BCUT2D eigenvalue weighted by molar-refractivity contribution is 5.96. The lowest BCUT2D eigenvalue weighted by Gasteiger charge is -2.16. The van der Waals surface area contributed by atoms with Crippen LogP contribution >= 0.6 is 0 Å². The van der Waals surface area contributed by atoms with Gasteiger partial charge in [-0.05, 0) is 20.3 Å². The molecule has 5 nitrogen and oxygen atoms in total. The van der Waals surface area contributed by atoms with Gasteiger partial charge in [0, 0.05) is 12.1 Å². The summed E-state index contributed by atoms with van der Waals surface area (Å²) in [7, 11) is 1.52. The van der Waals surface area contributed by atoms with Crippen molar-refractivity contribution >= 4 is 11.7 Å². The van der Waals surface area contributed by atoms with Gasteiger partial charge in [-0.2, -0.15) is 0 Å². The van der Waals surface area contributed by atoms with E-state index < -0.39 is 5.97 Å². The topological polar surface area (TPSA) is 70.8 Å². The van der Waals surface area contributed by atoms with E-state index >= 15 is 0 Å². The van der Waals surface area contributed by atoms with Crippen molar-refractivity contribution in [2.75, 3.05) is 19.5 Å². The molecule has 1 aromatic carbocycles. The minimum atomic E-state index is -0.449. The second-order valence-corrected chi connectivity index (χ2v) is 4.39. The molecule has 0 aliphatic heterocycles. The molecule has 5 heteroatoms. The third kappa shape index (κ3) is 4.05. The zero-order valence-corrected chi connectivity index (χ0v) is 11.9. The number of hydrogen-bond donors (Lipinski definition) is 1. The lowest BCUT2D eigenvalue weighted by atomic mass is 10.1. The van der Waals surface area contributed by atoms with Gasteiger partial charge in [-0.15, -0.1) is 0 Å². The number of nitrogen functional groups attached to an aromatic ring is 1. The normalized spacial score (nSPS) is 10.4. The van der Waals surface area contributed by atoms with E-state index in [0.717, 1.165) is 6.42 Å². The molecule has 0 amide bonds. The predicted molar refractivity (Wildman–Crippen MR) is 73.7 cm³/mol. The van der Waals surface area contributed by atoms with Gasteiger partial charge in [-0.3, -0.25) is 0 Å². The van der Waals surface area contributed by atoms with E-state index in [9.17, 15) is 4.79 Å². The summed E-state index contributed by atoms with van der Waals surface area (Å²) in [5, 5.41) is 0. The van der Waals surface area contributed by atoms with Gasteiger partial charge in [0.2, 0.25) is 0 Å². The van der Waals surface area contributed by atoms with Gasteiger partial charge in [0.25, 0.3) is 0 Å². The van der Waals surface area contributed by atoms with Crippen LogP contribution in [0.15, 0.2) is 12.1 Å². The van der Waals surface area contributed by atoms with Crippen molar-refractivity contribution in [2.45, 2.75) is 33.3 Å². The Bertz CT molecular complexity index is 443. The monoisotopic (exact) mass is 267 g/mol. The zero-order valence-electron chi connectivity index (χ0n) is 11.9. The maximum Gasteiger partial charge on any atom is 0.340 e. The van der Waals surface area contributed by atoms with E-state index in [1.807, 2.05) is 20.8 Å². The summed E-state index contributed by atoms with van der Waals surface area (Å²) in [6.45, 7) is 6.08. The van der Waals surface area contributed by atoms with Crippen LogP contribution in [0.5, 0.6) is 11.5 Å². The summed E-state index contributed by atoms with van der Waals surface area (Å²) in [5.41, 5.74) is 6.44. The van der Waals surface area contributed by atoms with Crippen molar-refractivity contribution < 1.29 is 19.0 Å². The Morgan fingerprint density at radius 3 is 2.53 bits per heavy atom. The van der Waals surface area contributed by atoms with Crippen molar-refractivity contribution in [1.29, 1.82) is 0 Å². The molecule has 0 bridgehead atoms. The molecule has 1 rings (SSSR count). The molecule has 0 aliphatic carbocycles. The van der Waals surface area contributed by atoms with Crippen LogP contribution in [-0.2, 0) is 4.74 Å². The van der Waals surface area contributed by atoms with E-state index in [0.29, 0.717) is 29.4 Å². The molecule has 0 saturated carbocycles. The molecule has 0 unspecified atom stereocenters. The highest BCUT2D eigenvalue weighted by Gasteiger charge is 2.17. The maximum atomic E-state index is 11.9. The van der Waals surface area contributed by atoms with Gasteiger partial charge < -0.3 is 19.9 Å². The number of carbonyl (C=O) groups is 1. The van der Waals surface area contributed by atoms with Crippen LogP contribution in [-0.4, -0.2) is 25.8 Å². The molecule has 0 aliphatic rings. The highest BCUT2D eigenvalue weighted by Crippen LogP contribution is 2.33. The molecule has 0 saturated heterocycles. The van der Waals surface area contributed by atoms with Crippen LogP contribution in [0, 0.1) is 0 Å². The molecule has 2 N–H and O–H groups in total. The van der Waals surface area contributed by atoms with E-state index in [4.69, 9.17) is 19.9 Å². The van der Waals surface area contributed by atoms with Crippen LogP contribution in [0.25, 0.3) is 0 Å². The van der Waals surface area contributed by atoms with Gasteiger partial charge in [-0.1, -0.05) is 6.92 Å². The van der Waals surface area contributed by atoms with E-state index in [-0.39, 0.29) is 6.10 Å². The smallest absolute Gasteiger partial charge is 0.340 e. The SMILES string of the molecule is CCCOC(=O)c1cc(OC(C)C)c(OC)cc1N. The van der Waals surface area contributed by atoms with Crippen LogP contribution < -0.4 is 15.2 Å². The Morgan fingerprint density at radius 2 is 2.00 bits per heavy atom. The van der Waals surface area contributed by atoms with Crippen molar-refractivity contribution in [3.8, 4) is 11.5 Å². The first kappa shape index (κ1) is 15.1. The summed E-state index contributed by atoms with van der Waals surface area (Å²) in [6.07, 6.45) is 0.731. The molecule has 106 valence electrons. The molecular formula is C14H21NO4. The molecule has 0 spiro atoms. The van der Waals surface area contributed by atoms with Gasteiger partial charge >= 0.3 is 5.97 Å². The molecule has 1 aromatic rings. The highest BCUT2D eigenvalue weighted by atomic mass is 16.5. The van der Waals surface area contributed by atoms with Crippen LogP contribution in [0.3, 0.4) is 0 Å². The first-order valence-electron chi connectivity index (χ1n) is 6.30. The Kier molecular flexibility index (Phi) is 5.48. The molecule has 0 atom stereocenters. The zero-order chi connectivity index (χ0) is 14.4. The van der Waals surface area contributed by atoms with Crippen LogP contribution in [0.1, 0.15) is 37.6 Å². The van der Waals surface area contributed by atoms with E-state index in [1.54, 1.807) is 12.1 Å². The number of ether oxygens (including phenoxy) is 3. The van der Waals surface area contributed by atoms with Gasteiger partial charge in [0.15, 0.2) is 11.5 Å². The fourth-order valence-corrected chi connectivity index (χ4v) is 1.53. The average Bonchev–Trinajstić information content (AvgIpc) is 2.36. The van der Waals surface area contributed by atoms with Crippen molar-refractivity contribution in [3.05, 3.63) is 17.7 Å². The molecule has 0 radical (unpaired) electrons. The number of benzene rings is 1. The third-order valence-corrected chi connectivity index (χ3v) is 2.36. The summed E-state index contributed by atoms with van der Waals surface area (Å²) < 4.78 is 15.9. The van der Waals surface area contributed by atoms with E-state index in [2.05, 4.69) is 0 Å². The number of carbonyl (C=O) groups excluding carboxylic acids is 1. The predicted octanol–water partition coefficient (Wildman–Crippen LogP) is 2.63. The van der Waals surface area contributed by atoms with Gasteiger partial charge in [0.05, 0.1) is 31.1 Å². The summed E-state index contributed by atoms with van der Waals surface area (Å²) in [6, 6.07) is 3.13.